The van der Waals surface area contributed by atoms with E-state index >= 15 is 0 Å². The zero-order valence-electron chi connectivity index (χ0n) is 11.5. The third-order valence-electron chi connectivity index (χ3n) is 3.79. The lowest BCUT2D eigenvalue weighted by Gasteiger charge is -2.08. The van der Waals surface area contributed by atoms with Gasteiger partial charge in [-0.25, -0.2) is 0 Å². The molecule has 4 heteroatoms. The molecule has 2 aromatic carbocycles. The molecular formula is C17H14ClNOS. The molecule has 2 unspecified atom stereocenters. The Balaban J connectivity index is 1.61. The maximum Gasteiger partial charge on any atom is 0.127 e. The van der Waals surface area contributed by atoms with Gasteiger partial charge in [-0.15, -0.1) is 11.8 Å². The van der Waals surface area contributed by atoms with Gasteiger partial charge >= 0.3 is 0 Å². The van der Waals surface area contributed by atoms with Crippen LogP contribution in [0, 0.1) is 0 Å². The number of rotatable bonds is 2. The third kappa shape index (κ3) is 2.45. The monoisotopic (exact) mass is 315 g/mol. The van der Waals surface area contributed by atoms with Gasteiger partial charge in [-0.05, 0) is 61.4 Å². The predicted octanol–water partition coefficient (Wildman–Crippen LogP) is 4.94. The van der Waals surface area contributed by atoms with Crippen molar-refractivity contribution in [3.63, 3.8) is 0 Å². The number of halogens is 1. The zero-order chi connectivity index (χ0) is 14.4. The van der Waals surface area contributed by atoms with Crippen LogP contribution < -0.4 is 4.74 Å². The largest absolute Gasteiger partial charge is 0.457 e. The molecule has 2 atom stereocenters. The summed E-state index contributed by atoms with van der Waals surface area (Å²) in [6, 6.07) is 13.7. The van der Waals surface area contributed by atoms with E-state index in [9.17, 15) is 0 Å². The quantitative estimate of drug-likeness (QED) is 0.783. The smallest absolute Gasteiger partial charge is 0.127 e. The highest BCUT2D eigenvalue weighted by Gasteiger charge is 2.34. The predicted molar refractivity (Wildman–Crippen MR) is 89.1 cm³/mol. The van der Waals surface area contributed by atoms with Gasteiger partial charge in [-0.2, -0.15) is 0 Å². The summed E-state index contributed by atoms with van der Waals surface area (Å²) in [6.45, 7) is 2.16. The highest BCUT2D eigenvalue weighted by molar-refractivity contribution is 8.01. The molecule has 21 heavy (non-hydrogen) atoms. The van der Waals surface area contributed by atoms with Gasteiger partial charge in [0.25, 0.3) is 0 Å². The summed E-state index contributed by atoms with van der Waals surface area (Å²) >= 11 is 7.83. The van der Waals surface area contributed by atoms with Crippen LogP contribution in [0.1, 0.15) is 18.1 Å². The van der Waals surface area contributed by atoms with Gasteiger partial charge in [0.15, 0.2) is 0 Å². The van der Waals surface area contributed by atoms with Crippen molar-refractivity contribution in [1.82, 2.24) is 0 Å². The van der Waals surface area contributed by atoms with Crippen LogP contribution in [-0.4, -0.2) is 16.3 Å². The Bertz CT molecular complexity index is 726. The lowest BCUT2D eigenvalue weighted by molar-refractivity contribution is 0.482. The molecule has 0 N–H and O–H groups in total. The van der Waals surface area contributed by atoms with Crippen LogP contribution in [-0.2, 0) is 6.42 Å². The van der Waals surface area contributed by atoms with E-state index in [1.807, 2.05) is 42.1 Å². The van der Waals surface area contributed by atoms with Gasteiger partial charge in [0.1, 0.15) is 11.5 Å². The topological polar surface area (TPSA) is 21.6 Å². The maximum atomic E-state index is 5.90. The summed E-state index contributed by atoms with van der Waals surface area (Å²) in [5.74, 6) is 1.67. The summed E-state index contributed by atoms with van der Waals surface area (Å²) in [4.78, 5) is 4.74. The average molecular weight is 316 g/mol. The van der Waals surface area contributed by atoms with Crippen molar-refractivity contribution >= 4 is 29.1 Å². The third-order valence-corrected chi connectivity index (χ3v) is 5.26. The summed E-state index contributed by atoms with van der Waals surface area (Å²) in [7, 11) is 0. The van der Waals surface area contributed by atoms with Gasteiger partial charge < -0.3 is 4.74 Å². The summed E-state index contributed by atoms with van der Waals surface area (Å²) in [6.07, 6.45) is 1.06. The van der Waals surface area contributed by atoms with Crippen LogP contribution in [0.5, 0.6) is 11.5 Å². The van der Waals surface area contributed by atoms with Crippen LogP contribution in [0.3, 0.4) is 0 Å². The van der Waals surface area contributed by atoms with E-state index in [2.05, 4.69) is 19.1 Å². The molecule has 2 nitrogen and oxygen atoms in total. The Morgan fingerprint density at radius 3 is 2.71 bits per heavy atom. The number of hydrogen-bond acceptors (Lipinski definition) is 3. The van der Waals surface area contributed by atoms with E-state index in [-0.39, 0.29) is 0 Å². The molecule has 1 aliphatic heterocycles. The molecule has 2 aliphatic rings. The molecule has 0 saturated carbocycles. The Kier molecular flexibility index (Phi) is 3.20. The van der Waals surface area contributed by atoms with Gasteiger partial charge in [-0.1, -0.05) is 11.6 Å². The Morgan fingerprint density at radius 1 is 1.14 bits per heavy atom. The molecule has 0 aromatic heterocycles. The van der Waals surface area contributed by atoms with Crippen molar-refractivity contribution in [2.45, 2.75) is 24.0 Å². The normalized spacial score (nSPS) is 22.7. The molecule has 0 saturated heterocycles. The molecule has 0 spiro atoms. The second-order valence-electron chi connectivity index (χ2n) is 5.32. The van der Waals surface area contributed by atoms with E-state index in [0.717, 1.165) is 17.9 Å². The first-order valence-corrected chi connectivity index (χ1v) is 8.31. The second kappa shape index (κ2) is 5.08. The van der Waals surface area contributed by atoms with Crippen molar-refractivity contribution in [3.05, 3.63) is 58.6 Å². The van der Waals surface area contributed by atoms with E-state index in [0.29, 0.717) is 15.6 Å². The van der Waals surface area contributed by atoms with Crippen molar-refractivity contribution in [2.24, 2.45) is 4.99 Å². The Labute approximate surface area is 133 Å². The number of fused-ring (bicyclic) bond motifs is 3. The molecule has 106 valence electrons. The summed E-state index contributed by atoms with van der Waals surface area (Å²) in [5, 5.41) is 1.64. The minimum absolute atomic E-state index is 0.392. The number of nitrogens with zero attached hydrogens (tertiary/aromatic N) is 1. The highest BCUT2D eigenvalue weighted by Crippen LogP contribution is 2.40. The number of benzene rings is 2. The first-order valence-electron chi connectivity index (χ1n) is 6.99. The first kappa shape index (κ1) is 13.2. The molecule has 1 aliphatic carbocycles. The summed E-state index contributed by atoms with van der Waals surface area (Å²) in [5.41, 5.74) is 3.89. The van der Waals surface area contributed by atoms with Gasteiger partial charge in [0.2, 0.25) is 0 Å². The van der Waals surface area contributed by atoms with Crippen molar-refractivity contribution in [2.75, 3.05) is 0 Å². The number of ether oxygens (including phenoxy) is 1. The number of aliphatic imine (C=N–C) groups is 1. The van der Waals surface area contributed by atoms with Crippen molar-refractivity contribution in [3.8, 4) is 11.5 Å². The lowest BCUT2D eigenvalue weighted by Crippen LogP contribution is -2.06. The SMILES string of the molecule is CC1N=C2c3ccc(Oc4ccc(Cl)cc4)cc3CC2S1. The molecule has 2 aromatic rings. The van der Waals surface area contributed by atoms with Crippen molar-refractivity contribution in [1.29, 1.82) is 0 Å². The van der Waals surface area contributed by atoms with E-state index in [1.54, 1.807) is 0 Å². The molecular weight excluding hydrogens is 302 g/mol. The van der Waals surface area contributed by atoms with Crippen LogP contribution in [0.4, 0.5) is 0 Å². The molecule has 1 heterocycles. The van der Waals surface area contributed by atoms with Crippen LogP contribution in [0.25, 0.3) is 0 Å². The molecule has 0 bridgehead atoms. The minimum atomic E-state index is 0.392. The minimum Gasteiger partial charge on any atom is -0.457 e. The van der Waals surface area contributed by atoms with Gasteiger partial charge in [-0.3, -0.25) is 4.99 Å². The zero-order valence-corrected chi connectivity index (χ0v) is 13.1. The van der Waals surface area contributed by atoms with E-state index in [1.165, 1.54) is 16.8 Å². The summed E-state index contributed by atoms with van der Waals surface area (Å²) < 4.78 is 5.90. The molecule has 0 amide bonds. The van der Waals surface area contributed by atoms with Crippen LogP contribution >= 0.6 is 23.4 Å². The highest BCUT2D eigenvalue weighted by atomic mass is 35.5. The molecule has 0 fully saturated rings. The second-order valence-corrected chi connectivity index (χ2v) is 7.28. The van der Waals surface area contributed by atoms with Gasteiger partial charge in [0, 0.05) is 10.6 Å². The van der Waals surface area contributed by atoms with Crippen LogP contribution in [0.2, 0.25) is 5.02 Å². The Hall–Kier alpha value is -1.45. The maximum absolute atomic E-state index is 5.90. The van der Waals surface area contributed by atoms with E-state index in [4.69, 9.17) is 21.3 Å². The molecule has 0 radical (unpaired) electrons. The Morgan fingerprint density at radius 2 is 1.90 bits per heavy atom. The van der Waals surface area contributed by atoms with Crippen LogP contribution in [0.15, 0.2) is 47.5 Å². The standard InChI is InChI=1S/C17H14ClNOS/c1-10-19-17-15-7-6-14(8-11(15)9-16(17)21-10)20-13-4-2-12(18)3-5-13/h2-8,10,16H,9H2,1H3. The fourth-order valence-electron chi connectivity index (χ4n) is 2.89. The number of hydrogen-bond donors (Lipinski definition) is 0. The average Bonchev–Trinajstić information content (AvgIpc) is 2.97. The van der Waals surface area contributed by atoms with Crippen molar-refractivity contribution < 1.29 is 4.74 Å². The number of thioether (sulfide) groups is 1. The lowest BCUT2D eigenvalue weighted by atomic mass is 10.1. The fourth-order valence-corrected chi connectivity index (χ4v) is 4.26. The van der Waals surface area contributed by atoms with E-state index < -0.39 is 0 Å². The first-order chi connectivity index (χ1) is 10.2. The fraction of sp³-hybridized carbons (Fsp3) is 0.235. The van der Waals surface area contributed by atoms with Gasteiger partial charge in [0.05, 0.1) is 16.3 Å². The molecule has 4 rings (SSSR count).